The van der Waals surface area contributed by atoms with Crippen LogP contribution in [-0.4, -0.2) is 68.5 Å². The molecule has 1 atom stereocenters. The van der Waals surface area contributed by atoms with E-state index in [4.69, 9.17) is 0 Å². The predicted octanol–water partition coefficient (Wildman–Crippen LogP) is 3.22. The molecule has 1 aromatic rings. The fraction of sp³-hybridized carbons (Fsp3) is 0.571. The van der Waals surface area contributed by atoms with Gasteiger partial charge in [-0.2, -0.15) is 0 Å². The molecule has 0 spiro atoms. The molecule has 6 nitrogen and oxygen atoms in total. The van der Waals surface area contributed by atoms with Crippen molar-refractivity contribution in [3.05, 3.63) is 40.3 Å². The van der Waals surface area contributed by atoms with E-state index < -0.39 is 16.1 Å². The SMILES string of the molecule is C=CS(=O)(=O)NC(=O)Nc1c2c(cc3c1CCC3)CCC2.C[C@@H]1CCCN1C.[HH].[Na]. The van der Waals surface area contributed by atoms with Crippen molar-refractivity contribution in [2.75, 3.05) is 18.9 Å². The predicted molar refractivity (Wildman–Crippen MR) is 121 cm³/mol. The zero-order valence-electron chi connectivity index (χ0n) is 17.9. The number of nitrogens with one attached hydrogen (secondary N) is 2. The molecule has 2 aliphatic carbocycles. The number of rotatable bonds is 3. The van der Waals surface area contributed by atoms with Crippen LogP contribution in [0.2, 0.25) is 0 Å². The molecule has 157 valence electrons. The number of aryl methyl sites for hydroxylation is 2. The van der Waals surface area contributed by atoms with Crippen molar-refractivity contribution in [3.63, 3.8) is 0 Å². The summed E-state index contributed by atoms with van der Waals surface area (Å²) >= 11 is 0. The zero-order chi connectivity index (χ0) is 20.3. The minimum atomic E-state index is -3.77. The minimum Gasteiger partial charge on any atom is -0.307 e. The van der Waals surface area contributed by atoms with Crippen LogP contribution in [0, 0.1) is 0 Å². The molecule has 0 aromatic heterocycles. The molecule has 4 rings (SSSR count). The molecule has 8 heteroatoms. The number of urea groups is 1. The molecule has 1 heterocycles. The average Bonchev–Trinajstić information content (AvgIpc) is 3.37. The maximum absolute atomic E-state index is 11.9. The Morgan fingerprint density at radius 2 is 1.76 bits per heavy atom. The van der Waals surface area contributed by atoms with Crippen molar-refractivity contribution in [2.45, 2.75) is 64.3 Å². The van der Waals surface area contributed by atoms with Gasteiger partial charge in [0.05, 0.1) is 0 Å². The molecule has 29 heavy (non-hydrogen) atoms. The van der Waals surface area contributed by atoms with E-state index in [2.05, 4.69) is 36.8 Å². The molecule has 1 radical (unpaired) electrons. The van der Waals surface area contributed by atoms with Crippen molar-refractivity contribution in [2.24, 2.45) is 0 Å². The molecular formula is C21H33N3NaO3S. The number of benzene rings is 1. The van der Waals surface area contributed by atoms with Gasteiger partial charge in [-0.15, -0.1) is 0 Å². The minimum absolute atomic E-state index is 0. The summed E-state index contributed by atoms with van der Waals surface area (Å²) in [5.41, 5.74) is 5.74. The molecule has 1 aromatic carbocycles. The summed E-state index contributed by atoms with van der Waals surface area (Å²) in [4.78, 5) is 14.3. The Hall–Kier alpha value is -0.860. The number of amides is 2. The van der Waals surface area contributed by atoms with Crippen LogP contribution >= 0.6 is 0 Å². The van der Waals surface area contributed by atoms with E-state index in [0.717, 1.165) is 55.7 Å². The fourth-order valence-corrected chi connectivity index (χ4v) is 4.75. The Balaban J connectivity index is 0.000000429. The number of likely N-dealkylation sites (tertiary alicyclic amines) is 1. The maximum atomic E-state index is 11.9. The molecule has 1 fully saturated rings. The summed E-state index contributed by atoms with van der Waals surface area (Å²) in [7, 11) is -1.57. The van der Waals surface area contributed by atoms with E-state index in [1.807, 2.05) is 4.72 Å². The van der Waals surface area contributed by atoms with E-state index in [1.54, 1.807) is 0 Å². The first-order chi connectivity index (χ1) is 13.3. The third-order valence-electron chi connectivity index (χ3n) is 6.05. The van der Waals surface area contributed by atoms with Crippen LogP contribution in [0.25, 0.3) is 0 Å². The largest absolute Gasteiger partial charge is 0.333 e. The quantitative estimate of drug-likeness (QED) is 0.722. The molecule has 1 saturated heterocycles. The van der Waals surface area contributed by atoms with Crippen molar-refractivity contribution in [1.29, 1.82) is 0 Å². The van der Waals surface area contributed by atoms with E-state index >= 15 is 0 Å². The topological polar surface area (TPSA) is 78.5 Å². The molecular weight excluding hydrogens is 397 g/mol. The summed E-state index contributed by atoms with van der Waals surface area (Å²) in [5, 5.41) is 3.48. The van der Waals surface area contributed by atoms with Crippen LogP contribution in [-0.2, 0) is 35.7 Å². The van der Waals surface area contributed by atoms with Gasteiger partial charge in [0.2, 0.25) is 0 Å². The number of carbonyl (C=O) groups is 1. The van der Waals surface area contributed by atoms with Gasteiger partial charge in [0.15, 0.2) is 0 Å². The molecule has 0 saturated carbocycles. The number of hydrogen-bond donors (Lipinski definition) is 2. The summed E-state index contributed by atoms with van der Waals surface area (Å²) in [6, 6.07) is 2.39. The van der Waals surface area contributed by atoms with Crippen LogP contribution < -0.4 is 10.0 Å². The van der Waals surface area contributed by atoms with E-state index in [0.29, 0.717) is 0 Å². The average molecular weight is 431 g/mol. The number of fused-ring (bicyclic) bond motifs is 2. The molecule has 1 aliphatic heterocycles. The summed E-state index contributed by atoms with van der Waals surface area (Å²) in [5.74, 6) is 0. The molecule has 2 amide bonds. The first-order valence-electron chi connectivity index (χ1n) is 10.1. The Morgan fingerprint density at radius 3 is 2.17 bits per heavy atom. The van der Waals surface area contributed by atoms with Gasteiger partial charge >= 0.3 is 6.03 Å². The van der Waals surface area contributed by atoms with E-state index in [-0.39, 0.29) is 31.0 Å². The molecule has 2 N–H and O–H groups in total. The molecule has 0 bridgehead atoms. The van der Waals surface area contributed by atoms with Gasteiger partial charge < -0.3 is 10.2 Å². The van der Waals surface area contributed by atoms with Crippen LogP contribution in [0.4, 0.5) is 10.5 Å². The van der Waals surface area contributed by atoms with Gasteiger partial charge in [-0.3, -0.25) is 0 Å². The van der Waals surface area contributed by atoms with E-state index in [1.165, 1.54) is 41.6 Å². The van der Waals surface area contributed by atoms with Crippen LogP contribution in [0.15, 0.2) is 18.1 Å². The summed E-state index contributed by atoms with van der Waals surface area (Å²) in [6.45, 7) is 6.77. The van der Waals surface area contributed by atoms with Gasteiger partial charge in [-0.05, 0) is 94.1 Å². The summed E-state index contributed by atoms with van der Waals surface area (Å²) in [6.07, 6.45) is 8.90. The summed E-state index contributed by atoms with van der Waals surface area (Å²) < 4.78 is 24.7. The first kappa shape index (κ1) is 24.4. The maximum Gasteiger partial charge on any atom is 0.333 e. The number of anilines is 1. The molecule has 3 aliphatic rings. The van der Waals surface area contributed by atoms with Crippen LogP contribution in [0.3, 0.4) is 0 Å². The second-order valence-electron chi connectivity index (χ2n) is 7.97. The van der Waals surface area contributed by atoms with Gasteiger partial charge in [0.1, 0.15) is 0 Å². The van der Waals surface area contributed by atoms with Crippen molar-refractivity contribution >= 4 is 51.3 Å². The second kappa shape index (κ2) is 10.4. The third kappa shape index (κ3) is 6.07. The second-order valence-corrected chi connectivity index (χ2v) is 9.60. The van der Waals surface area contributed by atoms with Crippen LogP contribution in [0.1, 0.15) is 56.3 Å². The molecule has 0 unspecified atom stereocenters. The number of carbonyl (C=O) groups excluding carboxylic acids is 1. The number of hydrogen-bond acceptors (Lipinski definition) is 4. The third-order valence-corrected chi connectivity index (χ3v) is 6.96. The Morgan fingerprint density at radius 1 is 1.17 bits per heavy atom. The first-order valence-corrected chi connectivity index (χ1v) is 11.7. The smallest absolute Gasteiger partial charge is 0.307 e. The monoisotopic (exact) mass is 430 g/mol. The number of sulfonamides is 1. The van der Waals surface area contributed by atoms with Crippen molar-refractivity contribution in [3.8, 4) is 0 Å². The number of nitrogens with zero attached hydrogens (tertiary/aromatic N) is 1. The fourth-order valence-electron chi connectivity index (χ4n) is 4.35. The Bertz CT molecular complexity index is 836. The van der Waals surface area contributed by atoms with Gasteiger partial charge in [-0.25, -0.2) is 17.9 Å². The van der Waals surface area contributed by atoms with Crippen LogP contribution in [0.5, 0.6) is 0 Å². The Kier molecular flexibility index (Phi) is 8.79. The van der Waals surface area contributed by atoms with Gasteiger partial charge in [0, 0.05) is 48.1 Å². The van der Waals surface area contributed by atoms with E-state index in [9.17, 15) is 13.2 Å². The van der Waals surface area contributed by atoms with Gasteiger partial charge in [-0.1, -0.05) is 12.6 Å². The normalized spacial score (nSPS) is 20.0. The zero-order valence-corrected chi connectivity index (χ0v) is 20.7. The van der Waals surface area contributed by atoms with Crippen molar-refractivity contribution < 1.29 is 14.6 Å². The Labute approximate surface area is 198 Å². The standard InChI is InChI=1S/C15H18N2O3S.C6H13N.Na.H2/c1-2-21(19,20)17-15(18)16-14-12-7-3-5-10(12)9-11-6-4-8-13(11)14;1-6-4-3-5-7(6)2;;/h2,9H,1,3-8H2,(H2,16,17,18);6H,3-5H2,1-2H3;;1H/t;6-;;/m.1../s1. The van der Waals surface area contributed by atoms with Gasteiger partial charge in [0.25, 0.3) is 10.0 Å². The van der Waals surface area contributed by atoms with Crippen molar-refractivity contribution in [1.82, 2.24) is 9.62 Å².